The number of piperidine rings is 1. The molecule has 1 fully saturated rings. The average Bonchev–Trinajstić information content (AvgIpc) is 2.53. The first-order chi connectivity index (χ1) is 10.1. The molecule has 0 spiro atoms. The van der Waals surface area contributed by atoms with Crippen molar-refractivity contribution in [1.82, 2.24) is 10.2 Å². The summed E-state index contributed by atoms with van der Waals surface area (Å²) < 4.78 is 0. The van der Waals surface area contributed by atoms with Gasteiger partial charge in [-0.2, -0.15) is 0 Å². The average molecular weight is 291 g/mol. The minimum Gasteiger partial charge on any atom is -0.339 e. The van der Waals surface area contributed by atoms with Crippen LogP contribution in [0.15, 0.2) is 24.3 Å². The maximum Gasteiger partial charge on any atom is 0.269 e. The van der Waals surface area contributed by atoms with Crippen LogP contribution < -0.4 is 5.32 Å². The second kappa shape index (κ2) is 7.17. The summed E-state index contributed by atoms with van der Waals surface area (Å²) in [6, 6.07) is 5.83. The number of benzene rings is 1. The molecule has 1 N–H and O–H groups in total. The van der Waals surface area contributed by atoms with Gasteiger partial charge in [0.05, 0.1) is 4.92 Å². The van der Waals surface area contributed by atoms with Crippen LogP contribution in [-0.4, -0.2) is 41.9 Å². The molecule has 1 aromatic carbocycles. The van der Waals surface area contributed by atoms with Gasteiger partial charge in [-0.1, -0.05) is 0 Å². The Kier molecular flexibility index (Phi) is 5.27. The molecule has 2 rings (SSSR count). The van der Waals surface area contributed by atoms with Crippen molar-refractivity contribution in [1.29, 1.82) is 0 Å². The highest BCUT2D eigenvalue weighted by Crippen LogP contribution is 2.17. The molecule has 0 saturated carbocycles. The van der Waals surface area contributed by atoms with E-state index in [-0.39, 0.29) is 11.6 Å². The smallest absolute Gasteiger partial charge is 0.269 e. The van der Waals surface area contributed by atoms with E-state index in [4.69, 9.17) is 0 Å². The molecule has 0 aromatic heterocycles. The number of amides is 1. The number of hydrogen-bond donors (Lipinski definition) is 1. The van der Waals surface area contributed by atoms with Gasteiger partial charge in [-0.05, 0) is 50.9 Å². The minimum atomic E-state index is -0.457. The minimum absolute atomic E-state index is 0.00736. The first kappa shape index (κ1) is 15.4. The molecule has 6 heteroatoms. The molecule has 0 atom stereocenters. The van der Waals surface area contributed by atoms with E-state index in [9.17, 15) is 14.9 Å². The quantitative estimate of drug-likeness (QED) is 0.665. The molecular formula is C15H21N3O3. The molecule has 1 aromatic rings. The molecule has 0 bridgehead atoms. The number of carbonyl (C=O) groups is 1. The summed E-state index contributed by atoms with van der Waals surface area (Å²) in [6.45, 7) is 5.39. The van der Waals surface area contributed by atoms with Crippen molar-refractivity contribution >= 4 is 11.6 Å². The molecule has 1 heterocycles. The van der Waals surface area contributed by atoms with Crippen molar-refractivity contribution in [3.8, 4) is 0 Å². The van der Waals surface area contributed by atoms with Crippen LogP contribution in [0.1, 0.15) is 30.1 Å². The molecule has 1 aliphatic heterocycles. The number of nitro groups is 1. The van der Waals surface area contributed by atoms with E-state index in [2.05, 4.69) is 5.32 Å². The van der Waals surface area contributed by atoms with Gasteiger partial charge >= 0.3 is 0 Å². The highest BCUT2D eigenvalue weighted by Gasteiger charge is 2.21. The molecule has 6 nitrogen and oxygen atoms in total. The molecule has 1 aliphatic rings. The zero-order valence-electron chi connectivity index (χ0n) is 12.2. The normalized spacial score (nSPS) is 15.7. The van der Waals surface area contributed by atoms with E-state index >= 15 is 0 Å². The van der Waals surface area contributed by atoms with Gasteiger partial charge in [0.25, 0.3) is 11.6 Å². The van der Waals surface area contributed by atoms with Crippen molar-refractivity contribution in [2.24, 2.45) is 5.92 Å². The predicted molar refractivity (Wildman–Crippen MR) is 80.3 cm³/mol. The predicted octanol–water partition coefficient (Wildman–Crippen LogP) is 2.06. The summed E-state index contributed by atoms with van der Waals surface area (Å²) in [4.78, 5) is 24.5. The van der Waals surface area contributed by atoms with Crippen molar-refractivity contribution in [2.45, 2.75) is 19.8 Å². The maximum absolute atomic E-state index is 12.5. The summed E-state index contributed by atoms with van der Waals surface area (Å²) in [5.74, 6) is 0.485. The van der Waals surface area contributed by atoms with Gasteiger partial charge in [0, 0.05) is 30.8 Å². The van der Waals surface area contributed by atoms with Crippen molar-refractivity contribution in [2.75, 3.05) is 26.2 Å². The van der Waals surface area contributed by atoms with Crippen LogP contribution in [0.4, 0.5) is 5.69 Å². The lowest BCUT2D eigenvalue weighted by Gasteiger charge is -2.29. The van der Waals surface area contributed by atoms with Gasteiger partial charge in [-0.25, -0.2) is 0 Å². The van der Waals surface area contributed by atoms with E-state index in [0.29, 0.717) is 18.0 Å². The van der Waals surface area contributed by atoms with Gasteiger partial charge in [0.1, 0.15) is 0 Å². The Bertz CT molecular complexity index is 495. The van der Waals surface area contributed by atoms with Gasteiger partial charge in [0.2, 0.25) is 0 Å². The van der Waals surface area contributed by atoms with Gasteiger partial charge < -0.3 is 10.2 Å². The summed E-state index contributed by atoms with van der Waals surface area (Å²) in [5, 5.41) is 14.0. The van der Waals surface area contributed by atoms with E-state index in [1.165, 1.54) is 24.3 Å². The number of nitro benzene ring substituents is 1. The lowest BCUT2D eigenvalue weighted by atomic mass is 9.97. The molecule has 0 aliphatic carbocycles. The monoisotopic (exact) mass is 291 g/mol. The van der Waals surface area contributed by atoms with Crippen molar-refractivity contribution in [3.05, 3.63) is 39.9 Å². The van der Waals surface area contributed by atoms with Gasteiger partial charge in [-0.15, -0.1) is 0 Å². The second-order valence-corrected chi connectivity index (χ2v) is 5.34. The van der Waals surface area contributed by atoms with E-state index < -0.39 is 4.92 Å². The second-order valence-electron chi connectivity index (χ2n) is 5.34. The fourth-order valence-electron chi connectivity index (χ4n) is 2.64. The molecule has 0 unspecified atom stereocenters. The lowest BCUT2D eigenvalue weighted by molar-refractivity contribution is -0.384. The SMILES string of the molecule is CCN(CC1CCNCC1)C(=O)c1ccc([N+](=O)[O-])cc1. The third kappa shape index (κ3) is 4.01. The molecule has 1 amide bonds. The Hall–Kier alpha value is -1.95. The van der Waals surface area contributed by atoms with Crippen LogP contribution in [0.3, 0.4) is 0 Å². The third-order valence-electron chi connectivity index (χ3n) is 3.93. The Morgan fingerprint density at radius 1 is 1.33 bits per heavy atom. The topological polar surface area (TPSA) is 75.5 Å². The van der Waals surface area contributed by atoms with Crippen LogP contribution in [-0.2, 0) is 0 Å². The summed E-state index contributed by atoms with van der Waals surface area (Å²) in [7, 11) is 0. The Labute approximate surface area is 124 Å². The highest BCUT2D eigenvalue weighted by molar-refractivity contribution is 5.94. The molecule has 1 saturated heterocycles. The van der Waals surface area contributed by atoms with Crippen molar-refractivity contribution < 1.29 is 9.72 Å². The van der Waals surface area contributed by atoms with E-state index in [1.54, 1.807) is 0 Å². The van der Waals surface area contributed by atoms with Crippen molar-refractivity contribution in [3.63, 3.8) is 0 Å². The molecular weight excluding hydrogens is 270 g/mol. The Morgan fingerprint density at radius 3 is 2.48 bits per heavy atom. The third-order valence-corrected chi connectivity index (χ3v) is 3.93. The fourth-order valence-corrected chi connectivity index (χ4v) is 2.64. The Balaban J connectivity index is 2.02. The zero-order valence-corrected chi connectivity index (χ0v) is 12.2. The highest BCUT2D eigenvalue weighted by atomic mass is 16.6. The zero-order chi connectivity index (χ0) is 15.2. The largest absolute Gasteiger partial charge is 0.339 e. The van der Waals surface area contributed by atoms with E-state index in [0.717, 1.165) is 32.5 Å². The molecule has 21 heavy (non-hydrogen) atoms. The first-order valence-electron chi connectivity index (χ1n) is 7.36. The number of rotatable bonds is 5. The summed E-state index contributed by atoms with van der Waals surface area (Å²) in [5.41, 5.74) is 0.518. The molecule has 0 radical (unpaired) electrons. The number of carbonyl (C=O) groups excluding carboxylic acids is 1. The number of nitrogens with one attached hydrogen (secondary N) is 1. The van der Waals surface area contributed by atoms with E-state index in [1.807, 2.05) is 11.8 Å². The van der Waals surface area contributed by atoms with Crippen LogP contribution in [0.2, 0.25) is 0 Å². The van der Waals surface area contributed by atoms with Crippen LogP contribution in [0.25, 0.3) is 0 Å². The number of hydrogen-bond acceptors (Lipinski definition) is 4. The number of nitrogens with zero attached hydrogens (tertiary/aromatic N) is 2. The van der Waals surface area contributed by atoms with Crippen LogP contribution in [0.5, 0.6) is 0 Å². The maximum atomic E-state index is 12.5. The first-order valence-corrected chi connectivity index (χ1v) is 7.36. The van der Waals surface area contributed by atoms with Gasteiger partial charge in [-0.3, -0.25) is 14.9 Å². The van der Waals surface area contributed by atoms with Gasteiger partial charge in [0.15, 0.2) is 0 Å². The number of non-ortho nitro benzene ring substituents is 1. The van der Waals surface area contributed by atoms with Crippen LogP contribution >= 0.6 is 0 Å². The standard InChI is InChI=1S/C15H21N3O3/c1-2-17(11-12-7-9-16-10-8-12)15(19)13-3-5-14(6-4-13)18(20)21/h3-6,12,16H,2,7-11H2,1H3. The summed E-state index contributed by atoms with van der Waals surface area (Å²) in [6.07, 6.45) is 2.17. The van der Waals surface area contributed by atoms with Crippen LogP contribution in [0, 0.1) is 16.0 Å². The fraction of sp³-hybridized carbons (Fsp3) is 0.533. The molecule has 114 valence electrons. The summed E-state index contributed by atoms with van der Waals surface area (Å²) >= 11 is 0. The lowest BCUT2D eigenvalue weighted by Crippen LogP contribution is -2.39. The Morgan fingerprint density at radius 2 is 1.95 bits per heavy atom.